The summed E-state index contributed by atoms with van der Waals surface area (Å²) in [5.41, 5.74) is 4.31. The molecule has 5 nitrogen and oxygen atoms in total. The Labute approximate surface area is 153 Å². The van der Waals surface area contributed by atoms with Crippen molar-refractivity contribution in [1.29, 1.82) is 0 Å². The van der Waals surface area contributed by atoms with E-state index in [1.807, 2.05) is 51.1 Å². The van der Waals surface area contributed by atoms with Gasteiger partial charge in [0.1, 0.15) is 0 Å². The summed E-state index contributed by atoms with van der Waals surface area (Å²) < 4.78 is 0. The standard InChI is InChI=1S/C21H23N3O2/c1-4-24(5-2)21(26)15-11-12-18-17(13-15)19(20(25)23-18)14(3)22-16-9-7-6-8-10-16/h6-13,22H,4-5H2,1-3H3,(H,23,25)/b19-14-. The monoisotopic (exact) mass is 349 g/mol. The van der Waals surface area contributed by atoms with E-state index in [2.05, 4.69) is 10.6 Å². The largest absolute Gasteiger partial charge is 0.358 e. The van der Waals surface area contributed by atoms with Crippen LogP contribution in [0.1, 0.15) is 36.7 Å². The molecule has 0 saturated heterocycles. The number of carbonyl (C=O) groups excluding carboxylic acids is 2. The van der Waals surface area contributed by atoms with Crippen LogP contribution in [-0.4, -0.2) is 29.8 Å². The fourth-order valence-electron chi connectivity index (χ4n) is 3.17. The van der Waals surface area contributed by atoms with Crippen molar-refractivity contribution in [3.8, 4) is 0 Å². The first kappa shape index (κ1) is 17.7. The van der Waals surface area contributed by atoms with Gasteiger partial charge in [0, 0.05) is 41.3 Å². The van der Waals surface area contributed by atoms with Crippen molar-refractivity contribution in [3.63, 3.8) is 0 Å². The third kappa shape index (κ3) is 3.33. The Morgan fingerprint density at radius 2 is 1.77 bits per heavy atom. The number of hydrogen-bond acceptors (Lipinski definition) is 3. The lowest BCUT2D eigenvalue weighted by atomic mass is 10.0. The number of benzene rings is 2. The van der Waals surface area contributed by atoms with E-state index in [0.717, 1.165) is 22.6 Å². The van der Waals surface area contributed by atoms with Crippen LogP contribution in [0.2, 0.25) is 0 Å². The van der Waals surface area contributed by atoms with Crippen LogP contribution in [0.5, 0.6) is 0 Å². The number of allylic oxidation sites excluding steroid dienone is 1. The van der Waals surface area contributed by atoms with Gasteiger partial charge in [-0.2, -0.15) is 0 Å². The van der Waals surface area contributed by atoms with E-state index >= 15 is 0 Å². The lowest BCUT2D eigenvalue weighted by molar-refractivity contribution is -0.110. The smallest absolute Gasteiger partial charge is 0.258 e. The summed E-state index contributed by atoms with van der Waals surface area (Å²) in [5, 5.41) is 6.15. The summed E-state index contributed by atoms with van der Waals surface area (Å²) in [6.07, 6.45) is 0. The molecule has 1 aliphatic heterocycles. The molecular formula is C21H23N3O2. The molecule has 3 rings (SSSR count). The number of anilines is 2. The van der Waals surface area contributed by atoms with Gasteiger partial charge < -0.3 is 15.5 Å². The Hall–Kier alpha value is -3.08. The van der Waals surface area contributed by atoms with Crippen LogP contribution in [-0.2, 0) is 4.79 Å². The van der Waals surface area contributed by atoms with Gasteiger partial charge in [-0.1, -0.05) is 18.2 Å². The Balaban J connectivity index is 1.99. The van der Waals surface area contributed by atoms with Crippen LogP contribution in [0.25, 0.3) is 5.57 Å². The molecule has 0 radical (unpaired) electrons. The maximum atomic E-state index is 12.6. The van der Waals surface area contributed by atoms with E-state index in [-0.39, 0.29) is 11.8 Å². The second-order valence-corrected chi connectivity index (χ2v) is 6.18. The average Bonchev–Trinajstić information content (AvgIpc) is 2.98. The van der Waals surface area contributed by atoms with Crippen LogP contribution in [0, 0.1) is 0 Å². The van der Waals surface area contributed by atoms with Gasteiger partial charge in [-0.25, -0.2) is 0 Å². The highest BCUT2D eigenvalue weighted by molar-refractivity contribution is 6.32. The normalized spacial score (nSPS) is 14.5. The Bertz CT molecular complexity index is 868. The van der Waals surface area contributed by atoms with Crippen LogP contribution >= 0.6 is 0 Å². The van der Waals surface area contributed by atoms with Crippen LogP contribution in [0.3, 0.4) is 0 Å². The second-order valence-electron chi connectivity index (χ2n) is 6.18. The fourth-order valence-corrected chi connectivity index (χ4v) is 3.17. The number of fused-ring (bicyclic) bond motifs is 1. The van der Waals surface area contributed by atoms with E-state index in [9.17, 15) is 9.59 Å². The van der Waals surface area contributed by atoms with Gasteiger partial charge in [-0.15, -0.1) is 0 Å². The molecule has 0 aromatic heterocycles. The minimum absolute atomic E-state index is 0.0230. The molecule has 1 heterocycles. The molecular weight excluding hydrogens is 326 g/mol. The summed E-state index contributed by atoms with van der Waals surface area (Å²) in [4.78, 5) is 26.9. The fraction of sp³-hybridized carbons (Fsp3) is 0.238. The summed E-state index contributed by atoms with van der Waals surface area (Å²) in [6.45, 7) is 7.09. The summed E-state index contributed by atoms with van der Waals surface area (Å²) in [7, 11) is 0. The number of nitrogens with zero attached hydrogens (tertiary/aromatic N) is 1. The molecule has 2 aromatic carbocycles. The van der Waals surface area contributed by atoms with Crippen molar-refractivity contribution in [3.05, 3.63) is 65.4 Å². The van der Waals surface area contributed by atoms with Crippen LogP contribution < -0.4 is 10.6 Å². The first-order valence-corrected chi connectivity index (χ1v) is 8.83. The molecule has 0 spiro atoms. The third-order valence-electron chi connectivity index (χ3n) is 4.54. The number of nitrogens with one attached hydrogen (secondary N) is 2. The zero-order valence-corrected chi connectivity index (χ0v) is 15.3. The average molecular weight is 349 g/mol. The highest BCUT2D eigenvalue weighted by Crippen LogP contribution is 2.35. The molecule has 0 saturated carbocycles. The first-order valence-electron chi connectivity index (χ1n) is 8.83. The number of rotatable bonds is 5. The Morgan fingerprint density at radius 3 is 2.42 bits per heavy atom. The van der Waals surface area contributed by atoms with Crippen molar-refractivity contribution < 1.29 is 9.59 Å². The Morgan fingerprint density at radius 1 is 1.08 bits per heavy atom. The van der Waals surface area contributed by atoms with Crippen LogP contribution in [0.4, 0.5) is 11.4 Å². The maximum absolute atomic E-state index is 12.6. The molecule has 2 amide bonds. The van der Waals surface area contributed by atoms with E-state index in [0.29, 0.717) is 24.2 Å². The Kier molecular flexibility index (Phi) is 5.07. The quantitative estimate of drug-likeness (QED) is 0.803. The molecule has 0 bridgehead atoms. The third-order valence-corrected chi connectivity index (χ3v) is 4.54. The molecule has 0 fully saturated rings. The summed E-state index contributed by atoms with van der Waals surface area (Å²) >= 11 is 0. The first-order chi connectivity index (χ1) is 12.5. The molecule has 0 unspecified atom stereocenters. The van der Waals surface area contributed by atoms with Gasteiger partial charge in [-0.3, -0.25) is 9.59 Å². The van der Waals surface area contributed by atoms with Crippen molar-refractivity contribution >= 4 is 28.8 Å². The van der Waals surface area contributed by atoms with Gasteiger partial charge in [-0.05, 0) is 51.1 Å². The number of amides is 2. The maximum Gasteiger partial charge on any atom is 0.258 e. The van der Waals surface area contributed by atoms with E-state index in [1.165, 1.54) is 0 Å². The minimum Gasteiger partial charge on any atom is -0.358 e. The molecule has 0 atom stereocenters. The van der Waals surface area contributed by atoms with E-state index < -0.39 is 0 Å². The van der Waals surface area contributed by atoms with Gasteiger partial charge in [0.2, 0.25) is 0 Å². The number of para-hydroxylation sites is 1. The van der Waals surface area contributed by atoms with Crippen molar-refractivity contribution in [2.45, 2.75) is 20.8 Å². The van der Waals surface area contributed by atoms with Gasteiger partial charge in [0.25, 0.3) is 11.8 Å². The molecule has 2 aromatic rings. The minimum atomic E-state index is -0.159. The molecule has 2 N–H and O–H groups in total. The highest BCUT2D eigenvalue weighted by atomic mass is 16.2. The van der Waals surface area contributed by atoms with Crippen molar-refractivity contribution in [2.24, 2.45) is 0 Å². The SMILES string of the molecule is CCN(CC)C(=O)c1ccc2c(c1)/C(=C(\C)Nc1ccccc1)C(=O)N2. The lowest BCUT2D eigenvalue weighted by Gasteiger charge is -2.19. The summed E-state index contributed by atoms with van der Waals surface area (Å²) in [5.74, 6) is -0.182. The molecule has 1 aliphatic rings. The zero-order valence-electron chi connectivity index (χ0n) is 15.3. The lowest BCUT2D eigenvalue weighted by Crippen LogP contribution is -2.30. The molecule has 5 heteroatoms. The van der Waals surface area contributed by atoms with Crippen molar-refractivity contribution in [1.82, 2.24) is 4.90 Å². The van der Waals surface area contributed by atoms with E-state index in [4.69, 9.17) is 0 Å². The summed E-state index contributed by atoms with van der Waals surface area (Å²) in [6, 6.07) is 15.1. The van der Waals surface area contributed by atoms with Gasteiger partial charge in [0.05, 0.1) is 5.57 Å². The number of hydrogen-bond donors (Lipinski definition) is 2. The van der Waals surface area contributed by atoms with Gasteiger partial charge in [0.15, 0.2) is 0 Å². The van der Waals surface area contributed by atoms with Gasteiger partial charge >= 0.3 is 0 Å². The second kappa shape index (κ2) is 7.44. The predicted octanol–water partition coefficient (Wildman–Crippen LogP) is 3.96. The highest BCUT2D eigenvalue weighted by Gasteiger charge is 2.28. The molecule has 134 valence electrons. The predicted molar refractivity (Wildman–Crippen MR) is 105 cm³/mol. The van der Waals surface area contributed by atoms with Crippen molar-refractivity contribution in [2.75, 3.05) is 23.7 Å². The zero-order chi connectivity index (χ0) is 18.7. The molecule has 26 heavy (non-hydrogen) atoms. The number of carbonyl (C=O) groups is 2. The van der Waals surface area contributed by atoms with E-state index in [1.54, 1.807) is 23.1 Å². The topological polar surface area (TPSA) is 61.4 Å². The van der Waals surface area contributed by atoms with Crippen LogP contribution in [0.15, 0.2) is 54.2 Å². The molecule has 0 aliphatic carbocycles.